The molecule has 0 aliphatic carbocycles. The van der Waals surface area contributed by atoms with Gasteiger partial charge in [0.15, 0.2) is 25.1 Å². The summed E-state index contributed by atoms with van der Waals surface area (Å²) in [6.45, 7) is 16.4. The van der Waals surface area contributed by atoms with E-state index in [0.29, 0.717) is 0 Å². The molecule has 0 heterocycles. The first-order valence-corrected chi connectivity index (χ1v) is 16.3. The zero-order valence-corrected chi connectivity index (χ0v) is 30.4. The molecule has 6 N–H and O–H groups in total. The molecular formula is C37H65N3O7. The largest absolute Gasteiger partial charge is 0.369 e. The lowest BCUT2D eigenvalue weighted by atomic mass is 9.89. The number of primary amides is 2. The summed E-state index contributed by atoms with van der Waals surface area (Å²) in [5.41, 5.74) is 10.6. The van der Waals surface area contributed by atoms with E-state index in [9.17, 15) is 19.2 Å². The summed E-state index contributed by atoms with van der Waals surface area (Å²) in [4.78, 5) is 59.2. The highest BCUT2D eigenvalue weighted by Crippen LogP contribution is 2.21. The smallest absolute Gasteiger partial charge is 0.297 e. The Bertz CT molecular complexity index is 883. The fourth-order valence-corrected chi connectivity index (χ4v) is 3.53. The first-order chi connectivity index (χ1) is 22.2. The lowest BCUT2D eigenvalue weighted by Crippen LogP contribution is -2.34. The van der Waals surface area contributed by atoms with Crippen LogP contribution in [0.1, 0.15) is 132 Å². The van der Waals surface area contributed by atoms with Crippen molar-refractivity contribution in [2.24, 2.45) is 35.1 Å². The number of hydrogen-bond donors (Lipinski definition) is 4. The second kappa shape index (κ2) is 46.5. The molecule has 0 radical (unpaired) electrons. The second-order valence-corrected chi connectivity index (χ2v) is 10.7. The molecule has 0 bridgehead atoms. The standard InChI is InChI=1S/C14H29NO.C10H21NO.C5H5NO3.2C3H4.C2H2O2/c1-5-11(3)7-8-12(4)9-10-13(6-2)14(15)16;1-3-5-6-7-8-9(4-2)10(11)12;1-2-4(8)6-5(9)3-7;2*1-3-2;3-1-2-4/h11-13H,5-10H2,1-4H3,(H2,15,16);9H,3-8H2,1-2H3,(H2,11,12);1,3,5,9H,(H,6,8);2*1H,2H3;1-2H. The van der Waals surface area contributed by atoms with Gasteiger partial charge in [0, 0.05) is 11.8 Å². The number of aliphatic hydroxyl groups is 1. The van der Waals surface area contributed by atoms with Gasteiger partial charge in [0.05, 0.1) is 0 Å². The van der Waals surface area contributed by atoms with Crippen LogP contribution < -0.4 is 16.8 Å². The molecule has 0 aromatic heterocycles. The van der Waals surface area contributed by atoms with Crippen LogP contribution in [0.4, 0.5) is 0 Å². The first kappa shape index (κ1) is 55.5. The molecule has 10 nitrogen and oxygen atoms in total. The normalized spacial score (nSPS) is 11.9. The Morgan fingerprint density at radius 2 is 1.11 bits per heavy atom. The van der Waals surface area contributed by atoms with Gasteiger partial charge in [-0.15, -0.1) is 31.1 Å². The van der Waals surface area contributed by atoms with E-state index in [0.717, 1.165) is 50.4 Å². The predicted octanol–water partition coefficient (Wildman–Crippen LogP) is 5.13. The van der Waals surface area contributed by atoms with Crippen LogP contribution >= 0.6 is 0 Å². The van der Waals surface area contributed by atoms with Crippen LogP contribution in [0.5, 0.6) is 0 Å². The minimum absolute atomic E-state index is 0.0889. The van der Waals surface area contributed by atoms with Crippen molar-refractivity contribution in [3.63, 3.8) is 0 Å². The summed E-state index contributed by atoms with van der Waals surface area (Å²) in [5.74, 6) is 6.85. The highest BCUT2D eigenvalue weighted by Gasteiger charge is 2.14. The van der Waals surface area contributed by atoms with Gasteiger partial charge < -0.3 is 21.9 Å². The number of hydrogen-bond acceptors (Lipinski definition) is 7. The van der Waals surface area contributed by atoms with Crippen molar-refractivity contribution in [3.8, 4) is 37.0 Å². The van der Waals surface area contributed by atoms with Crippen LogP contribution in [-0.4, -0.2) is 47.9 Å². The van der Waals surface area contributed by atoms with Crippen LogP contribution in [0, 0.1) is 60.7 Å². The Morgan fingerprint density at radius 3 is 1.43 bits per heavy atom. The van der Waals surface area contributed by atoms with E-state index in [1.54, 1.807) is 25.1 Å². The van der Waals surface area contributed by atoms with Crippen molar-refractivity contribution in [2.75, 3.05) is 0 Å². The molecule has 0 saturated heterocycles. The van der Waals surface area contributed by atoms with Gasteiger partial charge in [-0.1, -0.05) is 86.5 Å². The first-order valence-electron chi connectivity index (χ1n) is 16.3. The molecule has 0 aliphatic rings. The Morgan fingerprint density at radius 1 is 0.702 bits per heavy atom. The quantitative estimate of drug-likeness (QED) is 0.0485. The fraction of sp³-hybridized carbons (Fsp3) is 0.676. The van der Waals surface area contributed by atoms with Crippen molar-refractivity contribution < 1.29 is 33.9 Å². The van der Waals surface area contributed by atoms with Crippen molar-refractivity contribution in [2.45, 2.75) is 139 Å². The Hall–Kier alpha value is -3.94. The number of amides is 3. The number of aliphatic hydroxyl groups excluding tert-OH is 1. The minimum atomic E-state index is -1.49. The summed E-state index contributed by atoms with van der Waals surface area (Å²) in [5, 5.41) is 10.2. The number of carbonyl (C=O) groups is 6. The van der Waals surface area contributed by atoms with Gasteiger partial charge in [-0.05, 0) is 63.7 Å². The van der Waals surface area contributed by atoms with Gasteiger partial charge in [-0.3, -0.25) is 28.8 Å². The lowest BCUT2D eigenvalue weighted by molar-refractivity contribution is -0.125. The lowest BCUT2D eigenvalue weighted by Gasteiger charge is -2.16. The fourth-order valence-electron chi connectivity index (χ4n) is 3.53. The van der Waals surface area contributed by atoms with Gasteiger partial charge in [0.2, 0.25) is 11.8 Å². The average Bonchev–Trinajstić information content (AvgIpc) is 3.04. The Labute approximate surface area is 286 Å². The van der Waals surface area contributed by atoms with Crippen LogP contribution in [0.25, 0.3) is 0 Å². The molecule has 0 fully saturated rings. The number of terminal acetylenes is 3. The number of nitrogens with two attached hydrogens (primary N) is 2. The van der Waals surface area contributed by atoms with E-state index in [1.165, 1.54) is 38.5 Å². The van der Waals surface area contributed by atoms with Gasteiger partial charge in [-0.25, -0.2) is 0 Å². The van der Waals surface area contributed by atoms with E-state index in [-0.39, 0.29) is 42.5 Å². The highest BCUT2D eigenvalue weighted by molar-refractivity contribution is 6.09. The molecule has 0 aromatic rings. The molecule has 5 unspecified atom stereocenters. The van der Waals surface area contributed by atoms with Gasteiger partial charge in [-0.2, -0.15) is 0 Å². The molecule has 3 amide bonds. The second-order valence-electron chi connectivity index (χ2n) is 10.7. The number of rotatable bonds is 19. The third kappa shape index (κ3) is 54.9. The molecular weight excluding hydrogens is 598 g/mol. The molecule has 0 spiro atoms. The maximum Gasteiger partial charge on any atom is 0.297 e. The van der Waals surface area contributed by atoms with Crippen molar-refractivity contribution in [1.82, 2.24) is 5.32 Å². The summed E-state index contributed by atoms with van der Waals surface area (Å²) in [6.07, 6.45) is 26.5. The van der Waals surface area contributed by atoms with E-state index < -0.39 is 12.1 Å². The summed E-state index contributed by atoms with van der Waals surface area (Å²) < 4.78 is 0. The van der Waals surface area contributed by atoms with E-state index in [2.05, 4.69) is 58.8 Å². The molecule has 10 heteroatoms. The van der Waals surface area contributed by atoms with Crippen LogP contribution in [0.2, 0.25) is 0 Å². The van der Waals surface area contributed by atoms with Gasteiger partial charge in [0.1, 0.15) is 0 Å². The van der Waals surface area contributed by atoms with Crippen molar-refractivity contribution in [1.29, 1.82) is 0 Å². The Balaban J connectivity index is -0.000000120. The number of carbonyl (C=O) groups excluding carboxylic acids is 6. The third-order valence-electron chi connectivity index (χ3n) is 6.65. The van der Waals surface area contributed by atoms with Gasteiger partial charge in [0.25, 0.3) is 5.91 Å². The summed E-state index contributed by atoms with van der Waals surface area (Å²) in [6, 6.07) is 0. The third-order valence-corrected chi connectivity index (χ3v) is 6.65. The highest BCUT2D eigenvalue weighted by atomic mass is 16.3. The maximum atomic E-state index is 11.1. The molecule has 0 saturated carbocycles. The topological polar surface area (TPSA) is 187 Å². The molecule has 0 rings (SSSR count). The zero-order valence-electron chi connectivity index (χ0n) is 30.4. The van der Waals surface area contributed by atoms with E-state index in [1.807, 2.05) is 13.8 Å². The maximum absolute atomic E-state index is 11.1. The van der Waals surface area contributed by atoms with Gasteiger partial charge >= 0.3 is 0 Å². The molecule has 0 aliphatic heterocycles. The number of unbranched alkanes of at least 4 members (excludes halogenated alkanes) is 3. The van der Waals surface area contributed by atoms with E-state index >= 15 is 0 Å². The zero-order chi connectivity index (χ0) is 38.1. The average molecular weight is 664 g/mol. The molecule has 0 aromatic carbocycles. The van der Waals surface area contributed by atoms with Crippen molar-refractivity contribution >= 4 is 36.6 Å². The van der Waals surface area contributed by atoms with Crippen LogP contribution in [-0.2, 0) is 28.8 Å². The number of aldehydes is 3. The van der Waals surface area contributed by atoms with E-state index in [4.69, 9.17) is 26.2 Å². The monoisotopic (exact) mass is 663 g/mol. The SMILES string of the molecule is C#CC.C#CC.C#CC(=O)NC(O)C=O.CCC(C)CCC(C)CCC(CC)C(N)=O.CCCCCCC(CC)C(N)=O.O=CC=O. The number of nitrogens with one attached hydrogen (secondary N) is 1. The molecule has 47 heavy (non-hydrogen) atoms. The molecule has 270 valence electrons. The van der Waals surface area contributed by atoms with Crippen LogP contribution in [0.15, 0.2) is 0 Å². The minimum Gasteiger partial charge on any atom is -0.369 e. The van der Waals surface area contributed by atoms with Crippen LogP contribution in [0.3, 0.4) is 0 Å². The molecule has 5 atom stereocenters. The summed E-state index contributed by atoms with van der Waals surface area (Å²) in [7, 11) is 0. The predicted molar refractivity (Wildman–Crippen MR) is 192 cm³/mol. The summed E-state index contributed by atoms with van der Waals surface area (Å²) >= 11 is 0. The Kier molecular flexibility index (Phi) is 54.8. The van der Waals surface area contributed by atoms with Crippen molar-refractivity contribution in [3.05, 3.63) is 0 Å².